The highest BCUT2D eigenvalue weighted by Crippen LogP contribution is 2.29. The summed E-state index contributed by atoms with van der Waals surface area (Å²) in [5.41, 5.74) is 3.18. The molecule has 1 aromatic carbocycles. The van der Waals surface area contributed by atoms with Gasteiger partial charge in [-0.2, -0.15) is 13.2 Å². The summed E-state index contributed by atoms with van der Waals surface area (Å²) in [5, 5.41) is 1.58. The number of carbonyl (C=O) groups is 1. The van der Waals surface area contributed by atoms with E-state index >= 15 is 0 Å². The lowest BCUT2D eigenvalue weighted by Gasteiger charge is -2.28. The summed E-state index contributed by atoms with van der Waals surface area (Å²) < 4.78 is 39.2. The van der Waals surface area contributed by atoms with Crippen molar-refractivity contribution in [3.8, 4) is 0 Å². The molecule has 0 aliphatic carbocycles. The first-order valence-electron chi connectivity index (χ1n) is 6.73. The fourth-order valence-corrected chi connectivity index (χ4v) is 2.63. The van der Waals surface area contributed by atoms with Gasteiger partial charge >= 0.3 is 6.18 Å². The van der Waals surface area contributed by atoms with Crippen molar-refractivity contribution in [2.75, 3.05) is 6.54 Å². The molecule has 0 spiro atoms. The molecule has 1 N–H and O–H groups in total. The predicted molar refractivity (Wildman–Crippen MR) is 73.7 cm³/mol. The molecule has 1 saturated heterocycles. The molecular weight excluding hydrogens is 305 g/mol. The van der Waals surface area contributed by atoms with Crippen LogP contribution < -0.4 is 5.43 Å². The topological polar surface area (TPSA) is 32.3 Å². The van der Waals surface area contributed by atoms with Crippen molar-refractivity contribution < 1.29 is 18.0 Å². The van der Waals surface area contributed by atoms with Crippen LogP contribution in [0.2, 0.25) is 5.02 Å². The molecule has 1 atom stereocenters. The van der Waals surface area contributed by atoms with Gasteiger partial charge in [-0.25, -0.2) is 5.01 Å². The number of amides is 1. The average Bonchev–Trinajstić information content (AvgIpc) is 2.79. The number of aryl methyl sites for hydroxylation is 1. The summed E-state index contributed by atoms with van der Waals surface area (Å²) in [5.74, 6) is -0.362. The number of halogens is 4. The number of nitrogens with zero attached hydrogens (tertiary/aromatic N) is 1. The Bertz CT molecular complexity index is 507. The Kier molecular flexibility index (Phi) is 5.11. The smallest absolute Gasteiger partial charge is 0.288 e. The van der Waals surface area contributed by atoms with Gasteiger partial charge in [-0.3, -0.25) is 10.2 Å². The van der Waals surface area contributed by atoms with Crippen LogP contribution in [0.1, 0.15) is 24.8 Å². The van der Waals surface area contributed by atoms with E-state index in [9.17, 15) is 18.0 Å². The minimum absolute atomic E-state index is 0.0592. The summed E-state index contributed by atoms with van der Waals surface area (Å²) in [6.45, 7) is 0.0974. The van der Waals surface area contributed by atoms with Crippen molar-refractivity contribution in [1.82, 2.24) is 10.4 Å². The van der Waals surface area contributed by atoms with E-state index in [1.807, 2.05) is 6.07 Å². The molecule has 1 aromatic rings. The minimum atomic E-state index is -4.36. The van der Waals surface area contributed by atoms with Crippen LogP contribution >= 0.6 is 11.6 Å². The van der Waals surface area contributed by atoms with E-state index in [-0.39, 0.29) is 25.3 Å². The van der Waals surface area contributed by atoms with E-state index < -0.39 is 12.2 Å². The number of hydrogen-bond acceptors (Lipinski definition) is 2. The van der Waals surface area contributed by atoms with Crippen LogP contribution in [0.25, 0.3) is 0 Å². The summed E-state index contributed by atoms with van der Waals surface area (Å²) in [4.78, 5) is 11.1. The summed E-state index contributed by atoms with van der Waals surface area (Å²) in [6, 6.07) is 5.46. The highest BCUT2D eigenvalue weighted by atomic mass is 35.5. The molecule has 1 aliphatic heterocycles. The van der Waals surface area contributed by atoms with Gasteiger partial charge in [0, 0.05) is 18.0 Å². The molecule has 0 unspecified atom stereocenters. The van der Waals surface area contributed by atoms with Gasteiger partial charge in [0.25, 0.3) is 0 Å². The number of rotatable bonds is 5. The SMILES string of the molecule is O=C1CCN([C@@H](CCCc2cccc(Cl)c2)C(F)(F)F)N1. The predicted octanol–water partition coefficient (Wildman–Crippen LogP) is 3.33. The van der Waals surface area contributed by atoms with Gasteiger partial charge in [0.05, 0.1) is 0 Å². The number of carbonyl (C=O) groups excluding carboxylic acids is 1. The van der Waals surface area contributed by atoms with Crippen LogP contribution in [0.15, 0.2) is 24.3 Å². The van der Waals surface area contributed by atoms with E-state index in [1.165, 1.54) is 0 Å². The largest absolute Gasteiger partial charge is 0.405 e. The third kappa shape index (κ3) is 4.61. The molecule has 1 heterocycles. The highest BCUT2D eigenvalue weighted by molar-refractivity contribution is 6.30. The van der Waals surface area contributed by atoms with Crippen LogP contribution in [0.3, 0.4) is 0 Å². The molecule has 0 saturated carbocycles. The quantitative estimate of drug-likeness (QED) is 0.902. The second-order valence-electron chi connectivity index (χ2n) is 5.06. The first kappa shape index (κ1) is 16.1. The van der Waals surface area contributed by atoms with Crippen LogP contribution in [-0.2, 0) is 11.2 Å². The maximum absolute atomic E-state index is 13.1. The molecule has 1 fully saturated rings. The van der Waals surface area contributed by atoms with Crippen molar-refractivity contribution in [3.05, 3.63) is 34.9 Å². The van der Waals surface area contributed by atoms with Gasteiger partial charge in [-0.1, -0.05) is 23.7 Å². The lowest BCUT2D eigenvalue weighted by Crippen LogP contribution is -2.49. The highest BCUT2D eigenvalue weighted by Gasteiger charge is 2.45. The standard InChI is InChI=1S/C14H16ClF3N2O/c15-11-5-1-3-10(9-11)4-2-6-12(14(16,17)18)20-8-7-13(21)19-20/h1,3,5,9,12H,2,4,6-8H2,(H,19,21)/t12-/m0/s1. The maximum Gasteiger partial charge on any atom is 0.405 e. The molecule has 2 rings (SSSR count). The van der Waals surface area contributed by atoms with E-state index in [0.717, 1.165) is 10.6 Å². The van der Waals surface area contributed by atoms with Gasteiger partial charge in [0.2, 0.25) is 5.91 Å². The molecule has 0 bridgehead atoms. The van der Waals surface area contributed by atoms with Crippen molar-refractivity contribution in [2.24, 2.45) is 0 Å². The molecule has 7 heteroatoms. The van der Waals surface area contributed by atoms with Crippen LogP contribution in [0, 0.1) is 0 Å². The van der Waals surface area contributed by atoms with Crippen molar-refractivity contribution >= 4 is 17.5 Å². The number of hydrogen-bond donors (Lipinski definition) is 1. The number of benzene rings is 1. The van der Waals surface area contributed by atoms with Crippen LogP contribution in [0.4, 0.5) is 13.2 Å². The minimum Gasteiger partial charge on any atom is -0.288 e. The van der Waals surface area contributed by atoms with E-state index in [1.54, 1.807) is 18.2 Å². The monoisotopic (exact) mass is 320 g/mol. The Morgan fingerprint density at radius 3 is 2.71 bits per heavy atom. The van der Waals surface area contributed by atoms with Gasteiger partial charge < -0.3 is 0 Å². The van der Waals surface area contributed by atoms with Gasteiger partial charge in [0.15, 0.2) is 0 Å². The Morgan fingerprint density at radius 2 is 2.14 bits per heavy atom. The number of hydrazine groups is 1. The maximum atomic E-state index is 13.1. The Labute approximate surface area is 126 Å². The van der Waals surface area contributed by atoms with Crippen LogP contribution in [0.5, 0.6) is 0 Å². The average molecular weight is 321 g/mol. The van der Waals surface area contributed by atoms with Gasteiger partial charge in [0.1, 0.15) is 6.04 Å². The third-order valence-corrected chi connectivity index (χ3v) is 3.67. The molecule has 116 valence electrons. The Balaban J connectivity index is 1.92. The zero-order chi connectivity index (χ0) is 15.5. The fourth-order valence-electron chi connectivity index (χ4n) is 2.42. The fraction of sp³-hybridized carbons (Fsp3) is 0.500. The molecule has 21 heavy (non-hydrogen) atoms. The normalized spacial score (nSPS) is 17.8. The van der Waals surface area contributed by atoms with Crippen molar-refractivity contribution in [1.29, 1.82) is 0 Å². The summed E-state index contributed by atoms with van der Waals surface area (Å²) >= 11 is 5.84. The third-order valence-electron chi connectivity index (χ3n) is 3.43. The lowest BCUT2D eigenvalue weighted by molar-refractivity contribution is -0.190. The molecule has 0 radical (unpaired) electrons. The lowest BCUT2D eigenvalue weighted by atomic mass is 10.0. The first-order chi connectivity index (χ1) is 9.86. The molecule has 0 aromatic heterocycles. The molecular formula is C14H16ClF3N2O. The number of alkyl halides is 3. The molecule has 1 aliphatic rings. The molecule has 3 nitrogen and oxygen atoms in total. The van der Waals surface area contributed by atoms with Crippen LogP contribution in [-0.4, -0.2) is 29.7 Å². The van der Waals surface area contributed by atoms with Crippen molar-refractivity contribution in [3.63, 3.8) is 0 Å². The van der Waals surface area contributed by atoms with Gasteiger partial charge in [-0.15, -0.1) is 0 Å². The van der Waals surface area contributed by atoms with E-state index in [0.29, 0.717) is 17.9 Å². The zero-order valence-corrected chi connectivity index (χ0v) is 12.0. The van der Waals surface area contributed by atoms with Gasteiger partial charge in [-0.05, 0) is 37.0 Å². The van der Waals surface area contributed by atoms with Crippen molar-refractivity contribution in [2.45, 2.75) is 37.9 Å². The van der Waals surface area contributed by atoms with E-state index in [2.05, 4.69) is 5.43 Å². The Hall–Kier alpha value is -1.27. The Morgan fingerprint density at radius 1 is 1.38 bits per heavy atom. The second kappa shape index (κ2) is 6.66. The first-order valence-corrected chi connectivity index (χ1v) is 7.11. The zero-order valence-electron chi connectivity index (χ0n) is 11.3. The molecule has 1 amide bonds. The summed E-state index contributed by atoms with van der Waals surface area (Å²) in [7, 11) is 0. The second-order valence-corrected chi connectivity index (χ2v) is 5.49. The van der Waals surface area contributed by atoms with E-state index in [4.69, 9.17) is 11.6 Å². The summed E-state index contributed by atoms with van der Waals surface area (Å²) in [6.07, 6.45) is -3.41. The number of nitrogens with one attached hydrogen (secondary N) is 1.